The van der Waals surface area contributed by atoms with Crippen molar-refractivity contribution in [3.8, 4) is 0 Å². The van der Waals surface area contributed by atoms with Gasteiger partial charge < -0.3 is 0 Å². The molecule has 2 aromatic carbocycles. The number of hydrogen-bond acceptors (Lipinski definition) is 3. The van der Waals surface area contributed by atoms with Crippen LogP contribution in [0.15, 0.2) is 42.5 Å². The average Bonchev–Trinajstić information content (AvgIpc) is 2.36. The zero-order valence-electron chi connectivity index (χ0n) is 11.4. The van der Waals surface area contributed by atoms with Crippen LogP contribution in [-0.2, 0) is 15.6 Å². The number of fused-ring (bicyclic) bond motifs is 2. The van der Waals surface area contributed by atoms with Crippen LogP contribution in [-0.4, -0.2) is 19.7 Å². The highest BCUT2D eigenvalue weighted by molar-refractivity contribution is 7.89. The van der Waals surface area contributed by atoms with Crippen molar-refractivity contribution in [2.45, 2.75) is 12.7 Å². The number of rotatable bonds is 2. The lowest BCUT2D eigenvalue weighted by Gasteiger charge is -2.08. The normalized spacial score (nSPS) is 12.1. The summed E-state index contributed by atoms with van der Waals surface area (Å²) in [6, 6.07) is 13.9. The lowest BCUT2D eigenvalue weighted by Crippen LogP contribution is -2.02. The molecule has 0 atom stereocenters. The third-order valence-corrected chi connectivity index (χ3v) is 4.23. The Morgan fingerprint density at radius 2 is 1.75 bits per heavy atom. The summed E-state index contributed by atoms with van der Waals surface area (Å²) in [5.41, 5.74) is 3.57. The number of aromatic nitrogens is 1. The molecule has 0 spiro atoms. The van der Waals surface area contributed by atoms with Crippen LogP contribution in [0.5, 0.6) is 0 Å². The van der Waals surface area contributed by atoms with Crippen LogP contribution in [0.4, 0.5) is 0 Å². The van der Waals surface area contributed by atoms with Crippen LogP contribution in [0.3, 0.4) is 0 Å². The molecule has 3 rings (SSSR count). The summed E-state index contributed by atoms with van der Waals surface area (Å²) in [5.74, 6) is 0.0588. The molecule has 0 fully saturated rings. The number of para-hydroxylation sites is 1. The van der Waals surface area contributed by atoms with Gasteiger partial charge in [-0.3, -0.25) is 0 Å². The van der Waals surface area contributed by atoms with Crippen LogP contribution in [0, 0.1) is 6.92 Å². The summed E-state index contributed by atoms with van der Waals surface area (Å²) in [7, 11) is -3.04. The van der Waals surface area contributed by atoms with Gasteiger partial charge in [0.1, 0.15) is 0 Å². The van der Waals surface area contributed by atoms with Gasteiger partial charge in [0.25, 0.3) is 0 Å². The van der Waals surface area contributed by atoms with Gasteiger partial charge in [-0.15, -0.1) is 0 Å². The number of nitrogens with zero attached hydrogens (tertiary/aromatic N) is 1. The van der Waals surface area contributed by atoms with Crippen molar-refractivity contribution in [3.05, 3.63) is 53.6 Å². The molecule has 0 aliphatic heterocycles. The first kappa shape index (κ1) is 13.1. The number of aryl methyl sites for hydroxylation is 1. The van der Waals surface area contributed by atoms with E-state index in [1.807, 2.05) is 43.3 Å². The molecule has 0 aliphatic carbocycles. The minimum atomic E-state index is -3.04. The highest BCUT2D eigenvalue weighted by Gasteiger charge is 2.09. The number of pyridine rings is 1. The number of benzene rings is 2. The second-order valence-electron chi connectivity index (χ2n) is 5.22. The summed E-state index contributed by atoms with van der Waals surface area (Å²) < 4.78 is 23.0. The Morgan fingerprint density at radius 3 is 2.50 bits per heavy atom. The summed E-state index contributed by atoms with van der Waals surface area (Å²) in [6.07, 6.45) is 1.25. The second kappa shape index (κ2) is 4.56. The fourth-order valence-corrected chi connectivity index (χ4v) is 3.30. The van der Waals surface area contributed by atoms with Gasteiger partial charge in [-0.2, -0.15) is 0 Å². The molecule has 102 valence electrons. The molecule has 0 unspecified atom stereocenters. The van der Waals surface area contributed by atoms with Gasteiger partial charge in [-0.25, -0.2) is 13.4 Å². The Labute approximate surface area is 118 Å². The summed E-state index contributed by atoms with van der Waals surface area (Å²) in [6.45, 7) is 1.94. The first-order valence-electron chi connectivity index (χ1n) is 6.39. The van der Waals surface area contributed by atoms with Crippen molar-refractivity contribution in [1.29, 1.82) is 0 Å². The van der Waals surface area contributed by atoms with Gasteiger partial charge in [0, 0.05) is 17.0 Å². The fourth-order valence-electron chi connectivity index (χ4n) is 2.42. The maximum absolute atomic E-state index is 11.5. The topological polar surface area (TPSA) is 47.0 Å². The van der Waals surface area contributed by atoms with E-state index in [1.165, 1.54) is 6.26 Å². The molecule has 1 heterocycles. The summed E-state index contributed by atoms with van der Waals surface area (Å²) in [5, 5.41) is 2.13. The monoisotopic (exact) mass is 285 g/mol. The van der Waals surface area contributed by atoms with E-state index in [9.17, 15) is 8.42 Å². The highest BCUT2D eigenvalue weighted by atomic mass is 32.2. The largest absolute Gasteiger partial charge is 0.248 e. The Kier molecular flexibility index (Phi) is 2.98. The standard InChI is InChI=1S/C16H15NO2S/c1-11-7-13-8-12-5-3-4-6-15(12)17-16(13)9-14(11)10-20(2,18)19/h3-9H,10H2,1-2H3. The van der Waals surface area contributed by atoms with Crippen LogP contribution < -0.4 is 0 Å². The molecule has 20 heavy (non-hydrogen) atoms. The van der Waals surface area contributed by atoms with Crippen molar-refractivity contribution in [1.82, 2.24) is 4.98 Å². The Balaban J connectivity index is 2.26. The quantitative estimate of drug-likeness (QED) is 0.679. The first-order chi connectivity index (χ1) is 9.42. The Morgan fingerprint density at radius 1 is 1.00 bits per heavy atom. The van der Waals surface area contributed by atoms with Gasteiger partial charge in [0.15, 0.2) is 9.84 Å². The van der Waals surface area contributed by atoms with E-state index in [0.29, 0.717) is 0 Å². The fraction of sp³-hybridized carbons (Fsp3) is 0.188. The molecule has 1 aromatic heterocycles. The molecule has 3 aromatic rings. The van der Waals surface area contributed by atoms with E-state index in [4.69, 9.17) is 0 Å². The van der Waals surface area contributed by atoms with Gasteiger partial charge in [0.05, 0.1) is 16.8 Å². The maximum atomic E-state index is 11.5. The molecule has 0 saturated heterocycles. The van der Waals surface area contributed by atoms with Crippen LogP contribution >= 0.6 is 0 Å². The zero-order chi connectivity index (χ0) is 14.3. The molecule has 0 radical (unpaired) electrons. The van der Waals surface area contributed by atoms with Crippen molar-refractivity contribution >= 4 is 31.6 Å². The molecular formula is C16H15NO2S. The lowest BCUT2D eigenvalue weighted by atomic mass is 10.0. The average molecular weight is 285 g/mol. The van der Waals surface area contributed by atoms with Gasteiger partial charge >= 0.3 is 0 Å². The lowest BCUT2D eigenvalue weighted by molar-refractivity contribution is 0.601. The minimum Gasteiger partial charge on any atom is -0.248 e. The smallest absolute Gasteiger partial charge is 0.151 e. The first-order valence-corrected chi connectivity index (χ1v) is 8.45. The molecule has 4 heteroatoms. The predicted molar refractivity (Wildman–Crippen MR) is 82.5 cm³/mol. The van der Waals surface area contributed by atoms with Gasteiger partial charge in [-0.1, -0.05) is 18.2 Å². The van der Waals surface area contributed by atoms with Crippen molar-refractivity contribution in [2.75, 3.05) is 6.26 Å². The van der Waals surface area contributed by atoms with E-state index < -0.39 is 9.84 Å². The molecule has 3 nitrogen and oxygen atoms in total. The molecular weight excluding hydrogens is 270 g/mol. The van der Waals surface area contributed by atoms with E-state index in [2.05, 4.69) is 11.1 Å². The third-order valence-electron chi connectivity index (χ3n) is 3.39. The van der Waals surface area contributed by atoms with Crippen molar-refractivity contribution < 1.29 is 8.42 Å². The van der Waals surface area contributed by atoms with Gasteiger partial charge in [-0.05, 0) is 42.3 Å². The molecule has 0 bridgehead atoms. The zero-order valence-corrected chi connectivity index (χ0v) is 12.2. The number of sulfone groups is 1. The van der Waals surface area contributed by atoms with Crippen LogP contribution in [0.2, 0.25) is 0 Å². The molecule has 0 aliphatic rings. The SMILES string of the molecule is Cc1cc2cc3ccccc3nc2cc1CS(C)(=O)=O. The van der Waals surface area contributed by atoms with Gasteiger partial charge in [0.2, 0.25) is 0 Å². The van der Waals surface area contributed by atoms with E-state index in [1.54, 1.807) is 0 Å². The second-order valence-corrected chi connectivity index (χ2v) is 7.36. The van der Waals surface area contributed by atoms with E-state index in [-0.39, 0.29) is 5.75 Å². The van der Waals surface area contributed by atoms with Crippen LogP contribution in [0.1, 0.15) is 11.1 Å². The Bertz CT molecular complexity index is 914. The molecule has 0 amide bonds. The predicted octanol–water partition coefficient (Wildman–Crippen LogP) is 3.24. The van der Waals surface area contributed by atoms with Crippen molar-refractivity contribution in [2.24, 2.45) is 0 Å². The minimum absolute atomic E-state index is 0.0588. The van der Waals surface area contributed by atoms with E-state index in [0.717, 1.165) is 32.9 Å². The number of hydrogen-bond donors (Lipinski definition) is 0. The highest BCUT2D eigenvalue weighted by Crippen LogP contribution is 2.23. The van der Waals surface area contributed by atoms with Crippen molar-refractivity contribution in [3.63, 3.8) is 0 Å². The van der Waals surface area contributed by atoms with Crippen LogP contribution in [0.25, 0.3) is 21.8 Å². The molecule has 0 saturated carbocycles. The Hall–Kier alpha value is -1.94. The third kappa shape index (κ3) is 2.51. The van der Waals surface area contributed by atoms with E-state index >= 15 is 0 Å². The molecule has 0 N–H and O–H groups in total. The maximum Gasteiger partial charge on any atom is 0.151 e. The summed E-state index contributed by atoms with van der Waals surface area (Å²) in [4.78, 5) is 4.61. The summed E-state index contributed by atoms with van der Waals surface area (Å²) >= 11 is 0.